The molecule has 2 heterocycles. The Morgan fingerprint density at radius 2 is 2.14 bits per heavy atom. The third-order valence-corrected chi connectivity index (χ3v) is 3.35. The van der Waals surface area contributed by atoms with E-state index < -0.39 is 0 Å². The molecule has 0 fully saturated rings. The normalized spacial score (nSPS) is 11.0. The molecular weight excluding hydrogens is 264 g/mol. The Morgan fingerprint density at radius 3 is 2.95 bits per heavy atom. The van der Waals surface area contributed by atoms with Gasteiger partial charge in [0.2, 0.25) is 5.88 Å². The van der Waals surface area contributed by atoms with Crippen LogP contribution in [0.3, 0.4) is 0 Å². The van der Waals surface area contributed by atoms with Crippen molar-refractivity contribution in [2.75, 3.05) is 5.73 Å². The lowest BCUT2D eigenvalue weighted by atomic mass is 10.2. The Hall–Kier alpha value is -2.56. The number of aromatic nitrogens is 3. The summed E-state index contributed by atoms with van der Waals surface area (Å²) in [5, 5.41) is 5.49. The molecule has 0 atom stereocenters. The molecule has 3 aromatic rings. The van der Waals surface area contributed by atoms with Crippen molar-refractivity contribution in [2.24, 2.45) is 0 Å². The van der Waals surface area contributed by atoms with Gasteiger partial charge in [-0.3, -0.25) is 4.98 Å². The lowest BCUT2D eigenvalue weighted by molar-refractivity contribution is 0.410. The highest BCUT2D eigenvalue weighted by Crippen LogP contribution is 2.31. The van der Waals surface area contributed by atoms with Gasteiger partial charge in [0, 0.05) is 24.2 Å². The number of hydrogen-bond donors (Lipinski definition) is 1. The molecule has 0 aliphatic heterocycles. The van der Waals surface area contributed by atoms with Gasteiger partial charge in [-0.25, -0.2) is 4.68 Å². The van der Waals surface area contributed by atoms with Crippen molar-refractivity contribution in [1.29, 1.82) is 0 Å². The van der Waals surface area contributed by atoms with Gasteiger partial charge in [-0.2, -0.15) is 5.10 Å². The monoisotopic (exact) mass is 282 g/mol. The molecule has 2 aromatic heterocycles. The van der Waals surface area contributed by atoms with Crippen LogP contribution in [0.15, 0.2) is 36.5 Å². The zero-order chi connectivity index (χ0) is 14.8. The number of nitrogens with zero attached hydrogens (tertiary/aromatic N) is 3. The van der Waals surface area contributed by atoms with E-state index in [1.807, 2.05) is 41.9 Å². The highest BCUT2D eigenvalue weighted by atomic mass is 16.5. The number of aryl methyl sites for hydroxylation is 2. The Balaban J connectivity index is 1.98. The zero-order valence-corrected chi connectivity index (χ0v) is 12.2. The van der Waals surface area contributed by atoms with E-state index in [1.165, 1.54) is 0 Å². The van der Waals surface area contributed by atoms with Crippen molar-refractivity contribution in [2.45, 2.75) is 26.8 Å². The van der Waals surface area contributed by atoms with Gasteiger partial charge in [0.1, 0.15) is 11.4 Å². The molecule has 0 saturated heterocycles. The number of nitrogens with two attached hydrogens (primary N) is 1. The average molecular weight is 282 g/mol. The minimum Gasteiger partial charge on any atom is -0.437 e. The van der Waals surface area contributed by atoms with E-state index >= 15 is 0 Å². The van der Waals surface area contributed by atoms with Crippen molar-refractivity contribution in [3.8, 4) is 11.6 Å². The predicted octanol–water partition coefficient (Wildman–Crippen LogP) is 3.52. The first-order valence-electron chi connectivity index (χ1n) is 7.04. The number of nitrogen functional groups attached to an aromatic ring is 1. The number of pyridine rings is 1. The van der Waals surface area contributed by atoms with E-state index in [9.17, 15) is 0 Å². The Labute approximate surface area is 123 Å². The third kappa shape index (κ3) is 2.54. The summed E-state index contributed by atoms with van der Waals surface area (Å²) in [7, 11) is 0. The maximum atomic E-state index is 6.07. The summed E-state index contributed by atoms with van der Waals surface area (Å²) < 4.78 is 7.77. The molecule has 21 heavy (non-hydrogen) atoms. The fourth-order valence-electron chi connectivity index (χ4n) is 2.27. The van der Waals surface area contributed by atoms with Crippen LogP contribution in [0.1, 0.15) is 19.0 Å². The van der Waals surface area contributed by atoms with E-state index in [2.05, 4.69) is 17.0 Å². The van der Waals surface area contributed by atoms with Crippen LogP contribution >= 0.6 is 0 Å². The summed E-state index contributed by atoms with van der Waals surface area (Å²) in [6.07, 6.45) is 2.74. The summed E-state index contributed by atoms with van der Waals surface area (Å²) in [4.78, 5) is 4.34. The van der Waals surface area contributed by atoms with Crippen LogP contribution in [0.25, 0.3) is 10.9 Å². The minimum absolute atomic E-state index is 0.588. The number of fused-ring (bicyclic) bond motifs is 1. The maximum Gasteiger partial charge on any atom is 0.241 e. The zero-order valence-electron chi connectivity index (χ0n) is 12.2. The van der Waals surface area contributed by atoms with Crippen LogP contribution in [0.4, 0.5) is 5.69 Å². The van der Waals surface area contributed by atoms with Crippen LogP contribution in [0.5, 0.6) is 11.6 Å². The van der Waals surface area contributed by atoms with Gasteiger partial charge in [-0.05, 0) is 31.5 Å². The lowest BCUT2D eigenvalue weighted by Gasteiger charge is -2.09. The average Bonchev–Trinajstić information content (AvgIpc) is 2.75. The highest BCUT2D eigenvalue weighted by molar-refractivity contribution is 5.79. The summed E-state index contributed by atoms with van der Waals surface area (Å²) in [6.45, 7) is 4.76. The Morgan fingerprint density at radius 1 is 1.29 bits per heavy atom. The fourth-order valence-corrected chi connectivity index (χ4v) is 2.27. The second-order valence-corrected chi connectivity index (χ2v) is 4.99. The van der Waals surface area contributed by atoms with Gasteiger partial charge in [-0.1, -0.05) is 13.0 Å². The van der Waals surface area contributed by atoms with Crippen LogP contribution < -0.4 is 10.5 Å². The molecule has 0 saturated carbocycles. The molecular formula is C16H18N4O. The first-order valence-corrected chi connectivity index (χ1v) is 7.04. The van der Waals surface area contributed by atoms with Crippen LogP contribution in [-0.4, -0.2) is 14.8 Å². The molecule has 1 aromatic carbocycles. The molecule has 0 aliphatic carbocycles. The molecule has 0 bridgehead atoms. The first kappa shape index (κ1) is 13.4. The third-order valence-electron chi connectivity index (χ3n) is 3.35. The van der Waals surface area contributed by atoms with Crippen molar-refractivity contribution in [1.82, 2.24) is 14.8 Å². The van der Waals surface area contributed by atoms with Crippen molar-refractivity contribution >= 4 is 16.6 Å². The Kier molecular flexibility index (Phi) is 3.48. The van der Waals surface area contributed by atoms with Gasteiger partial charge < -0.3 is 10.5 Å². The SMILES string of the molecule is CCCn1nc(C)c(N)c1Oc1ccc2cccnc2c1. The molecule has 2 N–H and O–H groups in total. The van der Waals surface area contributed by atoms with Gasteiger partial charge in [-0.15, -0.1) is 0 Å². The second-order valence-electron chi connectivity index (χ2n) is 4.99. The smallest absolute Gasteiger partial charge is 0.241 e. The molecule has 0 amide bonds. The largest absolute Gasteiger partial charge is 0.437 e. The topological polar surface area (TPSA) is 66.0 Å². The fraction of sp³-hybridized carbons (Fsp3) is 0.250. The highest BCUT2D eigenvalue weighted by Gasteiger charge is 2.14. The quantitative estimate of drug-likeness (QED) is 0.795. The number of anilines is 1. The van der Waals surface area contributed by atoms with Crippen LogP contribution in [0.2, 0.25) is 0 Å². The lowest BCUT2D eigenvalue weighted by Crippen LogP contribution is -2.02. The molecule has 0 spiro atoms. The maximum absolute atomic E-state index is 6.07. The van der Waals surface area contributed by atoms with Crippen molar-refractivity contribution in [3.63, 3.8) is 0 Å². The van der Waals surface area contributed by atoms with E-state index in [1.54, 1.807) is 6.20 Å². The number of ether oxygens (including phenoxy) is 1. The number of benzene rings is 1. The summed E-state index contributed by atoms with van der Waals surface area (Å²) >= 11 is 0. The molecule has 0 unspecified atom stereocenters. The molecule has 3 rings (SSSR count). The van der Waals surface area contributed by atoms with Gasteiger partial charge >= 0.3 is 0 Å². The van der Waals surface area contributed by atoms with Gasteiger partial charge in [0.25, 0.3) is 0 Å². The van der Waals surface area contributed by atoms with Crippen LogP contribution in [-0.2, 0) is 6.54 Å². The Bertz CT molecular complexity index is 779. The minimum atomic E-state index is 0.588. The standard InChI is InChI=1S/C16H18N4O/c1-3-9-20-16(15(17)11(2)19-20)21-13-7-6-12-5-4-8-18-14(12)10-13/h4-8,10H,3,9,17H2,1-2H3. The molecule has 108 valence electrons. The molecule has 5 heteroatoms. The van der Waals surface area contributed by atoms with Crippen molar-refractivity contribution in [3.05, 3.63) is 42.2 Å². The molecule has 5 nitrogen and oxygen atoms in total. The van der Waals surface area contributed by atoms with E-state index in [0.29, 0.717) is 17.3 Å². The van der Waals surface area contributed by atoms with Crippen LogP contribution in [0, 0.1) is 6.92 Å². The van der Waals surface area contributed by atoms with Gasteiger partial charge in [0.05, 0.1) is 11.2 Å². The van der Waals surface area contributed by atoms with E-state index in [-0.39, 0.29) is 0 Å². The number of rotatable bonds is 4. The number of hydrogen-bond acceptors (Lipinski definition) is 4. The molecule has 0 radical (unpaired) electrons. The molecule has 0 aliphatic rings. The van der Waals surface area contributed by atoms with Gasteiger partial charge in [0.15, 0.2) is 0 Å². The van der Waals surface area contributed by atoms with Crippen molar-refractivity contribution < 1.29 is 4.74 Å². The van der Waals surface area contributed by atoms with E-state index in [4.69, 9.17) is 10.5 Å². The summed E-state index contributed by atoms with van der Waals surface area (Å²) in [5.74, 6) is 1.31. The second kappa shape index (κ2) is 5.44. The summed E-state index contributed by atoms with van der Waals surface area (Å²) in [6, 6.07) is 9.75. The predicted molar refractivity (Wildman–Crippen MR) is 83.5 cm³/mol. The first-order chi connectivity index (χ1) is 10.2. The summed E-state index contributed by atoms with van der Waals surface area (Å²) in [5.41, 5.74) is 8.34. The van der Waals surface area contributed by atoms with E-state index in [0.717, 1.165) is 29.6 Å².